The van der Waals surface area contributed by atoms with Gasteiger partial charge in [0.1, 0.15) is 11.2 Å². The molecule has 0 saturated carbocycles. The number of carbonyl (C=O) groups is 2. The normalized spacial score (nSPS) is 16.4. The summed E-state index contributed by atoms with van der Waals surface area (Å²) >= 11 is 0. The molecule has 234 valence electrons. The van der Waals surface area contributed by atoms with Gasteiger partial charge in [0.05, 0.1) is 5.52 Å². The van der Waals surface area contributed by atoms with Gasteiger partial charge in [-0.3, -0.25) is 0 Å². The third kappa shape index (κ3) is 7.65. The van der Waals surface area contributed by atoms with Gasteiger partial charge in [0, 0.05) is 49.7 Å². The van der Waals surface area contributed by atoms with Gasteiger partial charge in [0.2, 0.25) is 0 Å². The number of hydrogen-bond acceptors (Lipinski definition) is 4. The molecule has 4 aromatic rings. The van der Waals surface area contributed by atoms with Gasteiger partial charge in [-0.05, 0) is 101 Å². The van der Waals surface area contributed by atoms with E-state index in [0.29, 0.717) is 19.0 Å². The SMILES string of the molecule is CC(C)(C)OC(=O)N1CC=C(c2cccc3cc[nH]c23)CC1.CC(C)(C)OC(=O)N1CCC(c2cccc3cc[nH]c23)CC1. The summed E-state index contributed by atoms with van der Waals surface area (Å²) in [4.78, 5) is 34.5. The lowest BCUT2D eigenvalue weighted by molar-refractivity contribution is 0.0203. The molecule has 0 unspecified atom stereocenters. The summed E-state index contributed by atoms with van der Waals surface area (Å²) in [7, 11) is 0. The Morgan fingerprint density at radius 2 is 1.30 bits per heavy atom. The number of piperidine rings is 1. The molecule has 2 amide bonds. The summed E-state index contributed by atoms with van der Waals surface area (Å²) in [6, 6.07) is 16.9. The van der Waals surface area contributed by atoms with Crippen molar-refractivity contribution in [2.75, 3.05) is 26.2 Å². The smallest absolute Gasteiger partial charge is 0.410 e. The molecule has 8 heteroatoms. The van der Waals surface area contributed by atoms with E-state index in [9.17, 15) is 9.59 Å². The summed E-state index contributed by atoms with van der Waals surface area (Å²) in [5, 5.41) is 2.47. The van der Waals surface area contributed by atoms with E-state index in [-0.39, 0.29) is 12.2 Å². The molecule has 0 atom stereocenters. The fourth-order valence-electron chi connectivity index (χ4n) is 5.91. The molecule has 44 heavy (non-hydrogen) atoms. The first-order chi connectivity index (χ1) is 20.9. The third-order valence-corrected chi connectivity index (χ3v) is 8.00. The Labute approximate surface area is 260 Å². The highest BCUT2D eigenvalue weighted by atomic mass is 16.6. The number of hydrogen-bond donors (Lipinski definition) is 2. The predicted molar refractivity (Wildman–Crippen MR) is 177 cm³/mol. The Balaban J connectivity index is 0.000000175. The molecule has 1 saturated heterocycles. The maximum Gasteiger partial charge on any atom is 0.410 e. The van der Waals surface area contributed by atoms with Crippen LogP contribution in [0.25, 0.3) is 27.4 Å². The van der Waals surface area contributed by atoms with Gasteiger partial charge in [0.15, 0.2) is 0 Å². The monoisotopic (exact) mass is 598 g/mol. The fourth-order valence-corrected chi connectivity index (χ4v) is 5.91. The molecule has 0 spiro atoms. The molecular formula is C36H46N4O4. The van der Waals surface area contributed by atoms with Crippen LogP contribution >= 0.6 is 0 Å². The van der Waals surface area contributed by atoms with Crippen LogP contribution in [0.2, 0.25) is 0 Å². The minimum Gasteiger partial charge on any atom is -0.444 e. The zero-order valence-corrected chi connectivity index (χ0v) is 26.9. The Kier molecular flexibility index (Phi) is 9.09. The molecule has 4 heterocycles. The zero-order chi connectivity index (χ0) is 31.5. The number of ether oxygens (including phenoxy) is 2. The second-order valence-corrected chi connectivity index (χ2v) is 13.7. The zero-order valence-electron chi connectivity index (χ0n) is 26.9. The number of carbonyl (C=O) groups excluding carboxylic acids is 2. The van der Waals surface area contributed by atoms with Crippen LogP contribution in [0.1, 0.15) is 77.8 Å². The lowest BCUT2D eigenvalue weighted by Gasteiger charge is -2.33. The van der Waals surface area contributed by atoms with Gasteiger partial charge in [-0.2, -0.15) is 0 Å². The number of likely N-dealkylation sites (tertiary alicyclic amines) is 1. The van der Waals surface area contributed by atoms with Gasteiger partial charge in [0.25, 0.3) is 0 Å². The van der Waals surface area contributed by atoms with E-state index in [1.165, 1.54) is 38.5 Å². The van der Waals surface area contributed by atoms with Crippen LogP contribution < -0.4 is 0 Å². The Morgan fingerprint density at radius 3 is 1.89 bits per heavy atom. The van der Waals surface area contributed by atoms with Crippen molar-refractivity contribution >= 4 is 39.6 Å². The van der Waals surface area contributed by atoms with Crippen molar-refractivity contribution in [1.82, 2.24) is 19.8 Å². The summed E-state index contributed by atoms with van der Waals surface area (Å²) in [6.07, 6.45) is 8.47. The van der Waals surface area contributed by atoms with Crippen molar-refractivity contribution in [3.8, 4) is 0 Å². The number of H-pyrrole nitrogens is 2. The lowest BCUT2D eigenvalue weighted by atomic mass is 9.88. The fraction of sp³-hybridized carbons (Fsp3) is 0.444. The van der Waals surface area contributed by atoms with Gasteiger partial charge in [-0.1, -0.05) is 42.5 Å². The first-order valence-corrected chi connectivity index (χ1v) is 15.7. The van der Waals surface area contributed by atoms with E-state index in [1.807, 2.05) is 58.8 Å². The molecule has 0 radical (unpaired) electrons. The number of para-hydroxylation sites is 2. The number of benzene rings is 2. The standard InChI is InChI=1S/C18H24N2O2.C18H22N2O2/c2*1-18(2,3)22-17(21)20-11-8-13(9-12-20)15-6-4-5-14-7-10-19-16(14)15/h4-7,10,13,19H,8-9,11-12H2,1-3H3;4-8,10,19H,9,11-12H2,1-3H3. The van der Waals surface area contributed by atoms with E-state index >= 15 is 0 Å². The van der Waals surface area contributed by atoms with Crippen LogP contribution in [0.5, 0.6) is 0 Å². The highest BCUT2D eigenvalue weighted by Gasteiger charge is 2.28. The molecule has 8 nitrogen and oxygen atoms in total. The minimum atomic E-state index is -0.448. The van der Waals surface area contributed by atoms with Crippen molar-refractivity contribution < 1.29 is 19.1 Å². The Hall–Kier alpha value is -4.20. The summed E-state index contributed by atoms with van der Waals surface area (Å²) < 4.78 is 10.9. The number of aromatic nitrogens is 2. The minimum absolute atomic E-state index is 0.191. The van der Waals surface area contributed by atoms with Crippen LogP contribution in [0.4, 0.5) is 9.59 Å². The van der Waals surface area contributed by atoms with Crippen molar-refractivity contribution in [3.05, 3.63) is 78.1 Å². The van der Waals surface area contributed by atoms with Crippen molar-refractivity contribution in [2.45, 2.75) is 77.9 Å². The number of nitrogens with zero attached hydrogens (tertiary/aromatic N) is 2. The van der Waals surface area contributed by atoms with Gasteiger partial charge < -0.3 is 29.2 Å². The number of nitrogens with one attached hydrogen (secondary N) is 2. The Bertz CT molecular complexity index is 1630. The molecule has 2 aliphatic heterocycles. The van der Waals surface area contributed by atoms with E-state index < -0.39 is 11.2 Å². The van der Waals surface area contributed by atoms with Crippen molar-refractivity contribution in [3.63, 3.8) is 0 Å². The number of amides is 2. The molecule has 2 aromatic heterocycles. The molecule has 6 rings (SSSR count). The predicted octanol–water partition coefficient (Wildman–Crippen LogP) is 8.47. The lowest BCUT2D eigenvalue weighted by Crippen LogP contribution is -2.41. The van der Waals surface area contributed by atoms with Crippen LogP contribution in [0.15, 0.2) is 67.0 Å². The van der Waals surface area contributed by atoms with Gasteiger partial charge in [-0.15, -0.1) is 0 Å². The average molecular weight is 599 g/mol. The van der Waals surface area contributed by atoms with Crippen molar-refractivity contribution in [1.29, 1.82) is 0 Å². The van der Waals surface area contributed by atoms with Gasteiger partial charge >= 0.3 is 12.2 Å². The van der Waals surface area contributed by atoms with Crippen LogP contribution in [0, 0.1) is 0 Å². The molecule has 2 aliphatic rings. The average Bonchev–Trinajstić information content (AvgIpc) is 3.66. The molecule has 2 aromatic carbocycles. The highest BCUT2D eigenvalue weighted by Crippen LogP contribution is 2.33. The summed E-state index contributed by atoms with van der Waals surface area (Å²) in [5.41, 5.74) is 5.41. The second-order valence-electron chi connectivity index (χ2n) is 13.7. The molecule has 0 aliphatic carbocycles. The number of fused-ring (bicyclic) bond motifs is 2. The van der Waals surface area contributed by atoms with Crippen LogP contribution in [0.3, 0.4) is 0 Å². The number of aromatic amines is 2. The van der Waals surface area contributed by atoms with E-state index in [2.05, 4.69) is 64.6 Å². The molecular weight excluding hydrogens is 552 g/mol. The van der Waals surface area contributed by atoms with E-state index in [1.54, 1.807) is 4.90 Å². The highest BCUT2D eigenvalue weighted by molar-refractivity contribution is 5.92. The topological polar surface area (TPSA) is 90.7 Å². The summed E-state index contributed by atoms with van der Waals surface area (Å²) in [5.74, 6) is 0.501. The molecule has 1 fully saturated rings. The summed E-state index contributed by atoms with van der Waals surface area (Å²) in [6.45, 7) is 14.2. The maximum atomic E-state index is 12.1. The first kappa shape index (κ1) is 31.2. The number of rotatable bonds is 2. The van der Waals surface area contributed by atoms with Crippen LogP contribution in [-0.4, -0.2) is 69.3 Å². The first-order valence-electron chi connectivity index (χ1n) is 15.7. The second kappa shape index (κ2) is 12.8. The quantitative estimate of drug-likeness (QED) is 0.242. The third-order valence-electron chi connectivity index (χ3n) is 8.00. The van der Waals surface area contributed by atoms with Gasteiger partial charge in [-0.25, -0.2) is 9.59 Å². The maximum absolute atomic E-state index is 12.1. The van der Waals surface area contributed by atoms with Crippen LogP contribution in [-0.2, 0) is 9.47 Å². The Morgan fingerprint density at radius 1 is 0.727 bits per heavy atom. The largest absolute Gasteiger partial charge is 0.444 e. The van der Waals surface area contributed by atoms with Crippen molar-refractivity contribution in [2.24, 2.45) is 0 Å². The molecule has 2 N–H and O–H groups in total. The molecule has 0 bridgehead atoms. The van der Waals surface area contributed by atoms with E-state index in [4.69, 9.17) is 9.47 Å². The van der Waals surface area contributed by atoms with E-state index in [0.717, 1.165) is 32.4 Å².